The van der Waals surface area contributed by atoms with E-state index < -0.39 is 23.1 Å². The molecule has 2 atom stereocenters. The summed E-state index contributed by atoms with van der Waals surface area (Å²) in [6.45, 7) is 1.81. The van der Waals surface area contributed by atoms with E-state index in [-0.39, 0.29) is 22.1 Å². The van der Waals surface area contributed by atoms with E-state index in [1.165, 1.54) is 26.4 Å². The van der Waals surface area contributed by atoms with Crippen LogP contribution in [0.1, 0.15) is 23.7 Å². The first-order chi connectivity index (χ1) is 15.4. The highest BCUT2D eigenvalue weighted by Gasteiger charge is 2.60. The molecule has 1 aliphatic carbocycles. The van der Waals surface area contributed by atoms with Gasteiger partial charge in [-0.05, 0) is 24.6 Å². The first kappa shape index (κ1) is 20.4. The maximum atomic E-state index is 13.5. The number of Topliss-reactive ketones (excluding diaryl/α,β-unsaturated/α-hetero) is 1. The molecule has 0 fully saturated rings. The lowest BCUT2D eigenvalue weighted by atomic mass is 9.74. The van der Waals surface area contributed by atoms with Crippen molar-refractivity contribution < 1.29 is 23.8 Å². The molecule has 2 aromatic carbocycles. The molecule has 32 heavy (non-hydrogen) atoms. The number of aromatic amines is 1. The molecule has 0 saturated heterocycles. The Balaban J connectivity index is 1.51. The number of carbonyl (C=O) groups is 2. The normalized spacial score (nSPS) is 22.0. The van der Waals surface area contributed by atoms with Crippen LogP contribution in [0.2, 0.25) is 5.02 Å². The second-order valence-electron chi connectivity index (χ2n) is 7.90. The highest BCUT2D eigenvalue weighted by atomic mass is 35.5. The Hall–Kier alpha value is -3.52. The van der Waals surface area contributed by atoms with Gasteiger partial charge in [-0.25, -0.2) is 0 Å². The molecule has 1 aromatic heterocycles. The molecule has 0 saturated carbocycles. The van der Waals surface area contributed by atoms with E-state index in [4.69, 9.17) is 25.8 Å². The quantitative estimate of drug-likeness (QED) is 0.572. The number of benzene rings is 2. The fourth-order valence-electron chi connectivity index (χ4n) is 4.42. The number of ketones is 2. The van der Waals surface area contributed by atoms with Gasteiger partial charge in [-0.2, -0.15) is 5.10 Å². The Kier molecular flexibility index (Phi) is 4.63. The molecule has 0 radical (unpaired) electrons. The smallest absolute Gasteiger partial charge is 0.236 e. The predicted molar refractivity (Wildman–Crippen MR) is 119 cm³/mol. The maximum absolute atomic E-state index is 13.5. The molecule has 5 rings (SSSR count). The van der Waals surface area contributed by atoms with Crippen LogP contribution in [-0.4, -0.2) is 41.6 Å². The third kappa shape index (κ3) is 2.79. The Morgan fingerprint density at radius 1 is 1.22 bits per heavy atom. The minimum Gasteiger partial charge on any atom is -0.496 e. The van der Waals surface area contributed by atoms with Gasteiger partial charge in [0, 0.05) is 34.8 Å². The average Bonchev–Trinajstić information content (AvgIpc) is 3.36. The number of hydrogen-bond acceptors (Lipinski definition) is 7. The van der Waals surface area contributed by atoms with Crippen LogP contribution in [0.15, 0.2) is 42.2 Å². The van der Waals surface area contributed by atoms with Crippen LogP contribution in [0.4, 0.5) is 5.69 Å². The molecular weight excluding hydrogens is 434 g/mol. The molecule has 3 aromatic rings. The summed E-state index contributed by atoms with van der Waals surface area (Å²) in [7, 11) is 2.89. The molecule has 2 aliphatic rings. The van der Waals surface area contributed by atoms with E-state index in [0.717, 1.165) is 16.6 Å². The third-order valence-corrected chi connectivity index (χ3v) is 6.41. The second kappa shape index (κ2) is 7.27. The number of nitrogens with zero attached hydrogens (tertiary/aromatic N) is 1. The van der Waals surface area contributed by atoms with Gasteiger partial charge in [0.05, 0.1) is 25.9 Å². The van der Waals surface area contributed by atoms with Crippen molar-refractivity contribution in [3.8, 4) is 17.2 Å². The number of halogens is 1. The van der Waals surface area contributed by atoms with Crippen molar-refractivity contribution in [1.82, 2.24) is 10.2 Å². The highest BCUT2D eigenvalue weighted by molar-refractivity contribution is 6.36. The predicted octanol–water partition coefficient (Wildman–Crippen LogP) is 4.15. The van der Waals surface area contributed by atoms with Crippen molar-refractivity contribution >= 4 is 39.8 Å². The summed E-state index contributed by atoms with van der Waals surface area (Å²) in [4.78, 5) is 26.9. The first-order valence-corrected chi connectivity index (χ1v) is 10.4. The molecule has 1 aliphatic heterocycles. The monoisotopic (exact) mass is 453 g/mol. The summed E-state index contributed by atoms with van der Waals surface area (Å²) < 4.78 is 16.7. The van der Waals surface area contributed by atoms with Crippen LogP contribution < -0.4 is 19.5 Å². The van der Waals surface area contributed by atoms with Crippen LogP contribution in [0.3, 0.4) is 0 Å². The molecule has 0 unspecified atom stereocenters. The average molecular weight is 454 g/mol. The standard InChI is InChI=1S/C23H20ClN3O5/c1-11-6-14(26-13-5-4-12-10-25-27-15(12)7-13)8-18(28)23(11)22(29)19-16(30-2)9-17(31-3)20(24)21(19)32-23/h4-5,7-11,26H,6H2,1-3H3,(H,25,27)/t11-,23+/m1/s1. The number of fused-ring (bicyclic) bond motifs is 2. The molecule has 0 bridgehead atoms. The molecule has 8 nitrogen and oxygen atoms in total. The topological polar surface area (TPSA) is 103 Å². The molecular formula is C23H20ClN3O5. The second-order valence-corrected chi connectivity index (χ2v) is 8.28. The summed E-state index contributed by atoms with van der Waals surface area (Å²) in [6.07, 6.45) is 3.59. The van der Waals surface area contributed by atoms with Crippen LogP contribution in [-0.2, 0) is 4.79 Å². The van der Waals surface area contributed by atoms with Crippen molar-refractivity contribution in [2.75, 3.05) is 19.5 Å². The van der Waals surface area contributed by atoms with Gasteiger partial charge >= 0.3 is 0 Å². The lowest BCUT2D eigenvalue weighted by Gasteiger charge is -2.35. The molecule has 164 valence electrons. The molecule has 0 amide bonds. The SMILES string of the molecule is COc1cc(OC)c2c(c1Cl)O[C@@]1(C(=O)C=C(Nc3ccc4cn[nH]c4c3)C[C@H]1C)C2=O. The summed E-state index contributed by atoms with van der Waals surface area (Å²) >= 11 is 6.42. The molecule has 1 spiro atoms. The Morgan fingerprint density at radius 2 is 2.00 bits per heavy atom. The van der Waals surface area contributed by atoms with Gasteiger partial charge < -0.3 is 19.5 Å². The number of allylic oxidation sites excluding steroid dienone is 1. The van der Waals surface area contributed by atoms with Gasteiger partial charge in [0.25, 0.3) is 0 Å². The number of rotatable bonds is 4. The number of ether oxygens (including phenoxy) is 3. The number of carbonyl (C=O) groups excluding carboxylic acids is 2. The van der Waals surface area contributed by atoms with Gasteiger partial charge in [0.2, 0.25) is 17.2 Å². The van der Waals surface area contributed by atoms with E-state index in [2.05, 4.69) is 15.5 Å². The largest absolute Gasteiger partial charge is 0.496 e. The van der Waals surface area contributed by atoms with Crippen molar-refractivity contribution in [2.45, 2.75) is 18.9 Å². The van der Waals surface area contributed by atoms with Crippen LogP contribution in [0.25, 0.3) is 10.9 Å². The fraction of sp³-hybridized carbons (Fsp3) is 0.261. The van der Waals surface area contributed by atoms with Crippen LogP contribution in [0, 0.1) is 5.92 Å². The fourth-order valence-corrected chi connectivity index (χ4v) is 4.68. The minimum absolute atomic E-state index is 0.113. The van der Waals surface area contributed by atoms with Crippen LogP contribution in [0.5, 0.6) is 17.2 Å². The van der Waals surface area contributed by atoms with Crippen molar-refractivity contribution in [3.63, 3.8) is 0 Å². The summed E-state index contributed by atoms with van der Waals surface area (Å²) in [5, 5.41) is 11.3. The number of aromatic nitrogens is 2. The number of nitrogens with one attached hydrogen (secondary N) is 2. The number of anilines is 1. The van der Waals surface area contributed by atoms with Crippen molar-refractivity contribution in [1.29, 1.82) is 0 Å². The van der Waals surface area contributed by atoms with Crippen molar-refractivity contribution in [3.05, 3.63) is 52.8 Å². The minimum atomic E-state index is -1.69. The Bertz CT molecular complexity index is 1310. The lowest BCUT2D eigenvalue weighted by Crippen LogP contribution is -2.55. The van der Waals surface area contributed by atoms with E-state index in [1.54, 1.807) is 6.20 Å². The van der Waals surface area contributed by atoms with Gasteiger partial charge in [-0.3, -0.25) is 14.7 Å². The zero-order valence-electron chi connectivity index (χ0n) is 17.6. The van der Waals surface area contributed by atoms with Gasteiger partial charge in [-0.15, -0.1) is 0 Å². The van der Waals surface area contributed by atoms with E-state index in [0.29, 0.717) is 17.9 Å². The molecule has 2 heterocycles. The van der Waals surface area contributed by atoms with Gasteiger partial charge in [-0.1, -0.05) is 18.5 Å². The van der Waals surface area contributed by atoms with Crippen LogP contribution >= 0.6 is 11.6 Å². The first-order valence-electron chi connectivity index (χ1n) is 10.0. The maximum Gasteiger partial charge on any atom is 0.236 e. The summed E-state index contributed by atoms with van der Waals surface area (Å²) in [5.74, 6) is -0.688. The molecule has 2 N–H and O–H groups in total. The van der Waals surface area contributed by atoms with E-state index in [9.17, 15) is 9.59 Å². The lowest BCUT2D eigenvalue weighted by molar-refractivity contribution is -0.129. The Morgan fingerprint density at radius 3 is 2.72 bits per heavy atom. The number of methoxy groups -OCH3 is 2. The van der Waals surface area contributed by atoms with E-state index in [1.807, 2.05) is 25.1 Å². The Labute approximate surface area is 188 Å². The van der Waals surface area contributed by atoms with Crippen molar-refractivity contribution in [2.24, 2.45) is 5.92 Å². The number of H-pyrrole nitrogens is 1. The zero-order valence-corrected chi connectivity index (χ0v) is 18.4. The summed E-state index contributed by atoms with van der Waals surface area (Å²) in [5.41, 5.74) is 0.843. The highest BCUT2D eigenvalue weighted by Crippen LogP contribution is 2.53. The van der Waals surface area contributed by atoms with E-state index >= 15 is 0 Å². The third-order valence-electron chi connectivity index (χ3n) is 6.06. The summed E-state index contributed by atoms with van der Waals surface area (Å²) in [6, 6.07) is 7.27. The van der Waals surface area contributed by atoms with Gasteiger partial charge in [0.15, 0.2) is 5.75 Å². The molecule has 9 heteroatoms. The van der Waals surface area contributed by atoms with Gasteiger partial charge in [0.1, 0.15) is 22.1 Å². The zero-order chi connectivity index (χ0) is 22.6. The number of hydrogen-bond donors (Lipinski definition) is 2.